The van der Waals surface area contributed by atoms with Crippen molar-refractivity contribution in [1.82, 2.24) is 4.90 Å². The van der Waals surface area contributed by atoms with Crippen molar-refractivity contribution in [2.75, 3.05) is 13.7 Å². The summed E-state index contributed by atoms with van der Waals surface area (Å²) < 4.78 is 5.14. The van der Waals surface area contributed by atoms with Crippen LogP contribution in [0.25, 0.3) is 6.08 Å². The van der Waals surface area contributed by atoms with E-state index in [0.29, 0.717) is 17.7 Å². The maximum Gasteiger partial charge on any atom is 0.271 e. The van der Waals surface area contributed by atoms with Crippen LogP contribution >= 0.6 is 0 Å². The number of unbranched alkanes of at least 4 members (excludes halogenated alkanes) is 3. The van der Waals surface area contributed by atoms with E-state index in [-0.39, 0.29) is 11.5 Å². The average molecular weight is 352 g/mol. The summed E-state index contributed by atoms with van der Waals surface area (Å²) in [5.41, 5.74) is 1.68. The molecule has 26 heavy (non-hydrogen) atoms. The standard InChI is InChI=1S/C21H24N2O3/c1-4-5-6-7-12-23-20(24)18(15(2)19(14-22)21(23)25)13-16-8-10-17(26-3)11-9-16/h8-11,13H,4-7,12H2,1-3H3/b18-13+. The Kier molecular flexibility index (Phi) is 6.74. The van der Waals surface area contributed by atoms with Crippen LogP contribution in [0.2, 0.25) is 0 Å². The number of hydrogen-bond donors (Lipinski definition) is 0. The lowest BCUT2D eigenvalue weighted by Crippen LogP contribution is -2.43. The van der Waals surface area contributed by atoms with E-state index in [1.165, 1.54) is 4.90 Å². The van der Waals surface area contributed by atoms with Crippen LogP contribution in [0.15, 0.2) is 41.0 Å². The number of nitriles is 1. The quantitative estimate of drug-likeness (QED) is 0.424. The summed E-state index contributed by atoms with van der Waals surface area (Å²) in [6.45, 7) is 4.10. The lowest BCUT2D eigenvalue weighted by molar-refractivity contribution is -0.140. The molecule has 2 rings (SSSR count). The molecule has 0 aliphatic carbocycles. The second-order valence-electron chi connectivity index (χ2n) is 6.27. The summed E-state index contributed by atoms with van der Waals surface area (Å²) in [6, 6.07) is 9.24. The second kappa shape index (κ2) is 9.00. The maximum atomic E-state index is 12.9. The molecule has 0 radical (unpaired) electrons. The second-order valence-corrected chi connectivity index (χ2v) is 6.27. The average Bonchev–Trinajstić information content (AvgIpc) is 2.65. The number of rotatable bonds is 7. The number of amides is 2. The Balaban J connectivity index is 2.35. The number of methoxy groups -OCH3 is 1. The number of nitrogens with zero attached hydrogens (tertiary/aromatic N) is 2. The van der Waals surface area contributed by atoms with Crippen molar-refractivity contribution in [1.29, 1.82) is 5.26 Å². The van der Waals surface area contributed by atoms with E-state index in [9.17, 15) is 14.9 Å². The summed E-state index contributed by atoms with van der Waals surface area (Å²) in [4.78, 5) is 26.6. The SMILES string of the molecule is CCCCCCN1C(=O)C(C#N)=C(C)/C(=C\c2ccc(OC)cc2)C1=O. The molecular formula is C21H24N2O3. The zero-order valence-corrected chi connectivity index (χ0v) is 15.5. The van der Waals surface area contributed by atoms with Crippen LogP contribution < -0.4 is 4.74 Å². The molecule has 1 aromatic carbocycles. The van der Waals surface area contributed by atoms with Crippen molar-refractivity contribution in [3.63, 3.8) is 0 Å². The van der Waals surface area contributed by atoms with E-state index < -0.39 is 5.91 Å². The number of ether oxygens (including phenoxy) is 1. The van der Waals surface area contributed by atoms with E-state index in [0.717, 1.165) is 37.0 Å². The van der Waals surface area contributed by atoms with Crippen LogP contribution in [0, 0.1) is 11.3 Å². The van der Waals surface area contributed by atoms with Gasteiger partial charge >= 0.3 is 0 Å². The van der Waals surface area contributed by atoms with Crippen LogP contribution in [-0.4, -0.2) is 30.4 Å². The van der Waals surface area contributed by atoms with Crippen LogP contribution in [0.5, 0.6) is 5.75 Å². The van der Waals surface area contributed by atoms with Crippen molar-refractivity contribution >= 4 is 17.9 Å². The van der Waals surface area contributed by atoms with Crippen molar-refractivity contribution in [2.24, 2.45) is 0 Å². The van der Waals surface area contributed by atoms with Crippen molar-refractivity contribution in [2.45, 2.75) is 39.5 Å². The molecular weight excluding hydrogens is 328 g/mol. The number of carbonyl (C=O) groups is 2. The normalized spacial score (nSPS) is 16.2. The van der Waals surface area contributed by atoms with Gasteiger partial charge in [-0.15, -0.1) is 0 Å². The van der Waals surface area contributed by atoms with E-state index in [1.807, 2.05) is 18.2 Å². The van der Waals surface area contributed by atoms with Gasteiger partial charge in [0.2, 0.25) is 0 Å². The van der Waals surface area contributed by atoms with Gasteiger partial charge in [-0.05, 0) is 42.7 Å². The molecule has 2 amide bonds. The molecule has 0 saturated heterocycles. The monoisotopic (exact) mass is 352 g/mol. The Morgan fingerprint density at radius 3 is 2.38 bits per heavy atom. The van der Waals surface area contributed by atoms with E-state index in [2.05, 4.69) is 6.92 Å². The molecule has 0 unspecified atom stereocenters. The molecule has 0 fully saturated rings. The van der Waals surface area contributed by atoms with Gasteiger partial charge < -0.3 is 4.74 Å². The zero-order valence-electron chi connectivity index (χ0n) is 15.5. The van der Waals surface area contributed by atoms with Gasteiger partial charge in [0.15, 0.2) is 0 Å². The first-order chi connectivity index (χ1) is 12.5. The van der Waals surface area contributed by atoms with Gasteiger partial charge in [0.25, 0.3) is 11.8 Å². The lowest BCUT2D eigenvalue weighted by Gasteiger charge is -2.27. The van der Waals surface area contributed by atoms with E-state index in [4.69, 9.17) is 4.74 Å². The van der Waals surface area contributed by atoms with Crippen molar-refractivity contribution < 1.29 is 14.3 Å². The fourth-order valence-electron chi connectivity index (χ4n) is 2.90. The molecule has 0 saturated carbocycles. The Hall–Kier alpha value is -2.87. The Bertz CT molecular complexity index is 782. The van der Waals surface area contributed by atoms with Gasteiger partial charge in [-0.25, -0.2) is 0 Å². The maximum absolute atomic E-state index is 12.9. The topological polar surface area (TPSA) is 70.4 Å². The molecule has 0 aromatic heterocycles. The van der Waals surface area contributed by atoms with Crippen LogP contribution in [-0.2, 0) is 9.59 Å². The minimum Gasteiger partial charge on any atom is -0.497 e. The summed E-state index contributed by atoms with van der Waals surface area (Å²) in [6.07, 6.45) is 5.56. The molecule has 5 nitrogen and oxygen atoms in total. The first-order valence-electron chi connectivity index (χ1n) is 8.86. The summed E-state index contributed by atoms with van der Waals surface area (Å²) in [5, 5.41) is 9.39. The highest BCUT2D eigenvalue weighted by Crippen LogP contribution is 2.27. The number of carbonyl (C=O) groups excluding carboxylic acids is 2. The minimum atomic E-state index is -0.488. The molecule has 1 aliphatic rings. The summed E-state index contributed by atoms with van der Waals surface area (Å²) >= 11 is 0. The summed E-state index contributed by atoms with van der Waals surface area (Å²) in [7, 11) is 1.59. The first kappa shape index (κ1) is 19.5. The number of benzene rings is 1. The Morgan fingerprint density at radius 2 is 1.81 bits per heavy atom. The number of hydrogen-bond acceptors (Lipinski definition) is 4. The molecule has 1 aliphatic heterocycles. The summed E-state index contributed by atoms with van der Waals surface area (Å²) in [5.74, 6) is -0.1000. The molecule has 0 atom stereocenters. The molecule has 136 valence electrons. The highest BCUT2D eigenvalue weighted by molar-refractivity contribution is 6.19. The molecule has 0 bridgehead atoms. The zero-order chi connectivity index (χ0) is 19.1. The van der Waals surface area contributed by atoms with Gasteiger partial charge in [-0.1, -0.05) is 38.3 Å². The lowest BCUT2D eigenvalue weighted by atomic mass is 9.93. The third-order valence-electron chi connectivity index (χ3n) is 4.49. The fraction of sp³-hybridized carbons (Fsp3) is 0.381. The highest BCUT2D eigenvalue weighted by atomic mass is 16.5. The molecule has 0 spiro atoms. The van der Waals surface area contributed by atoms with E-state index >= 15 is 0 Å². The predicted octanol–water partition coefficient (Wildman–Crippen LogP) is 3.87. The molecule has 1 aromatic rings. The first-order valence-corrected chi connectivity index (χ1v) is 8.86. The van der Waals surface area contributed by atoms with Gasteiger partial charge in [-0.2, -0.15) is 5.26 Å². The molecule has 0 N–H and O–H groups in total. The van der Waals surface area contributed by atoms with Crippen molar-refractivity contribution in [3.05, 3.63) is 46.5 Å². The van der Waals surface area contributed by atoms with Gasteiger partial charge in [0.1, 0.15) is 17.4 Å². The third kappa shape index (κ3) is 4.20. The minimum absolute atomic E-state index is 0.0415. The third-order valence-corrected chi connectivity index (χ3v) is 4.49. The Labute approximate surface area is 154 Å². The van der Waals surface area contributed by atoms with Gasteiger partial charge in [-0.3, -0.25) is 14.5 Å². The molecule has 5 heteroatoms. The Morgan fingerprint density at radius 1 is 1.12 bits per heavy atom. The van der Waals surface area contributed by atoms with E-state index in [1.54, 1.807) is 32.2 Å². The number of imide groups is 1. The van der Waals surface area contributed by atoms with Gasteiger partial charge in [0, 0.05) is 12.1 Å². The predicted molar refractivity (Wildman–Crippen MR) is 100 cm³/mol. The van der Waals surface area contributed by atoms with Crippen LogP contribution in [0.1, 0.15) is 45.1 Å². The smallest absolute Gasteiger partial charge is 0.271 e. The fourth-order valence-corrected chi connectivity index (χ4v) is 2.90. The van der Waals surface area contributed by atoms with Crippen molar-refractivity contribution in [3.8, 4) is 11.8 Å². The highest BCUT2D eigenvalue weighted by Gasteiger charge is 2.34. The molecule has 1 heterocycles. The largest absolute Gasteiger partial charge is 0.497 e. The van der Waals surface area contributed by atoms with Crippen LogP contribution in [0.4, 0.5) is 0 Å². The van der Waals surface area contributed by atoms with Crippen LogP contribution in [0.3, 0.4) is 0 Å². The van der Waals surface area contributed by atoms with Gasteiger partial charge in [0.05, 0.1) is 7.11 Å².